The molecule has 3 amide bonds. The van der Waals surface area contributed by atoms with Crippen LogP contribution in [-0.4, -0.2) is 43.9 Å². The maximum atomic E-state index is 11.5. The van der Waals surface area contributed by atoms with Crippen molar-refractivity contribution in [2.45, 2.75) is 19.9 Å². The average Bonchev–Trinajstić information content (AvgIpc) is 2.24. The predicted molar refractivity (Wildman–Crippen MR) is 52.8 cm³/mol. The minimum Gasteiger partial charge on any atom is -0.329 e. The molecule has 14 heavy (non-hydrogen) atoms. The largest absolute Gasteiger partial charge is 0.334 e. The Kier molecular flexibility index (Phi) is 2.96. The van der Waals surface area contributed by atoms with E-state index in [1.54, 1.807) is 13.8 Å². The second-order valence-electron chi connectivity index (χ2n) is 3.21. The number of rotatable bonds is 2. The summed E-state index contributed by atoms with van der Waals surface area (Å²) in [7, 11) is 0. The summed E-state index contributed by atoms with van der Waals surface area (Å²) < 4.78 is 0.644. The smallest absolute Gasteiger partial charge is 0.329 e. The summed E-state index contributed by atoms with van der Waals surface area (Å²) >= 11 is 4.36. The van der Waals surface area contributed by atoms with Gasteiger partial charge >= 0.3 is 6.03 Å². The third-order valence-corrected chi connectivity index (χ3v) is 3.34. The number of hydrogen-bond acceptors (Lipinski definition) is 3. The fraction of sp³-hybridized carbons (Fsp3) is 0.667. The first kappa shape index (κ1) is 11.6. The molecule has 6 nitrogen and oxygen atoms in total. The van der Waals surface area contributed by atoms with E-state index in [4.69, 9.17) is 9.79 Å². The van der Waals surface area contributed by atoms with Gasteiger partial charge in [0.25, 0.3) is 12.5 Å². The molecule has 0 radical (unpaired) electrons. The Bertz CT molecular complexity index is 326. The van der Waals surface area contributed by atoms with Gasteiger partial charge in [-0.05, 0) is 25.7 Å². The molecule has 1 aliphatic rings. The summed E-state index contributed by atoms with van der Waals surface area (Å²) in [6.07, 6.45) is 0. The Morgan fingerprint density at radius 2 is 1.93 bits per heavy atom. The number of carbonyl (C=O) groups is 2. The van der Waals surface area contributed by atoms with Crippen molar-refractivity contribution in [1.29, 1.82) is 0 Å². The van der Waals surface area contributed by atoms with E-state index in [2.05, 4.69) is 11.8 Å². The topological polar surface area (TPSA) is 81.1 Å². The molecule has 0 aromatic carbocycles. The van der Waals surface area contributed by atoms with Crippen LogP contribution >= 0.6 is 6.64 Å². The van der Waals surface area contributed by atoms with Crippen LogP contribution < -0.4 is 0 Å². The number of urea groups is 1. The zero-order valence-electron chi connectivity index (χ0n) is 7.75. The fourth-order valence-electron chi connectivity index (χ4n) is 1.22. The molecule has 0 spiro atoms. The lowest BCUT2D eigenvalue weighted by Gasteiger charge is -2.21. The molecule has 1 aliphatic heterocycles. The van der Waals surface area contributed by atoms with Crippen LogP contribution in [0.3, 0.4) is 0 Å². The summed E-state index contributed by atoms with van der Waals surface area (Å²) in [6.45, 7) is -0.847. The monoisotopic (exact) mass is 238 g/mol. The van der Waals surface area contributed by atoms with E-state index in [-0.39, 0.29) is 12.6 Å². The molecule has 1 saturated heterocycles. The van der Waals surface area contributed by atoms with Gasteiger partial charge in [-0.15, -0.1) is 0 Å². The van der Waals surface area contributed by atoms with Gasteiger partial charge in [-0.1, -0.05) is 0 Å². The van der Waals surface area contributed by atoms with Crippen LogP contribution in [-0.2, 0) is 16.6 Å². The molecule has 1 rings (SSSR count). The highest BCUT2D eigenvalue weighted by Crippen LogP contribution is 2.43. The summed E-state index contributed by atoms with van der Waals surface area (Å²) in [4.78, 5) is 42.0. The van der Waals surface area contributed by atoms with Crippen molar-refractivity contribution in [3.8, 4) is 0 Å². The highest BCUT2D eigenvalue weighted by Gasteiger charge is 2.43. The summed E-state index contributed by atoms with van der Waals surface area (Å²) in [5, 5.41) is 0. The number of carbonyl (C=O) groups excluding carboxylic acids is 2. The van der Waals surface area contributed by atoms with Crippen molar-refractivity contribution in [3.63, 3.8) is 0 Å². The lowest BCUT2D eigenvalue weighted by Crippen LogP contribution is -2.37. The van der Waals surface area contributed by atoms with Crippen LogP contribution in [0.5, 0.6) is 0 Å². The number of amides is 3. The van der Waals surface area contributed by atoms with Gasteiger partial charge in [0.2, 0.25) is 0 Å². The first-order chi connectivity index (χ1) is 6.25. The third-order valence-electron chi connectivity index (χ3n) is 1.81. The van der Waals surface area contributed by atoms with Crippen LogP contribution in [0.4, 0.5) is 4.79 Å². The average molecular weight is 238 g/mol. The Labute approximate surface area is 86.3 Å². The van der Waals surface area contributed by atoms with Crippen LogP contribution in [0, 0.1) is 0 Å². The van der Waals surface area contributed by atoms with Crippen molar-refractivity contribution >= 4 is 30.4 Å². The molecule has 1 fully saturated rings. The predicted octanol–water partition coefficient (Wildman–Crippen LogP) is -0.132. The van der Waals surface area contributed by atoms with E-state index >= 15 is 0 Å². The van der Waals surface area contributed by atoms with Gasteiger partial charge in [-0.3, -0.25) is 9.69 Å². The first-order valence-electron chi connectivity index (χ1n) is 3.94. The lowest BCUT2D eigenvalue weighted by atomic mass is 10.3. The summed E-state index contributed by atoms with van der Waals surface area (Å²) in [5.41, 5.74) is 0. The van der Waals surface area contributed by atoms with Gasteiger partial charge in [0.15, 0.2) is 0 Å². The Balaban J connectivity index is 2.96. The van der Waals surface area contributed by atoms with E-state index in [1.165, 1.54) is 0 Å². The third kappa shape index (κ3) is 1.95. The lowest BCUT2D eigenvalue weighted by molar-refractivity contribution is -0.126. The minimum absolute atomic E-state index is 0.304. The molecule has 0 aromatic heterocycles. The summed E-state index contributed by atoms with van der Waals surface area (Å²) in [5.74, 6) is -0.456. The fourth-order valence-corrected chi connectivity index (χ4v) is 2.22. The van der Waals surface area contributed by atoms with Gasteiger partial charge < -0.3 is 9.79 Å². The second kappa shape index (κ2) is 3.58. The van der Waals surface area contributed by atoms with Crippen molar-refractivity contribution in [2.75, 3.05) is 6.54 Å². The molecule has 1 heterocycles. The van der Waals surface area contributed by atoms with Gasteiger partial charge in [-0.2, -0.15) is 0 Å². The van der Waals surface area contributed by atoms with Gasteiger partial charge in [-0.25, -0.2) is 9.46 Å². The highest BCUT2D eigenvalue weighted by molar-refractivity contribution is 8.08. The Morgan fingerprint density at radius 1 is 1.43 bits per heavy atom. The first-order valence-corrected chi connectivity index (χ1v) is 6.60. The maximum Gasteiger partial charge on any atom is 0.334 e. The van der Waals surface area contributed by atoms with Crippen LogP contribution in [0.25, 0.3) is 0 Å². The van der Waals surface area contributed by atoms with Crippen LogP contribution in [0.1, 0.15) is 13.8 Å². The standard InChI is InChI=1S/C6H11N2O4PS/c1-4(2)8-5(9)3-7(6(8)10)13(11,12)14/h4H,3H2,1-2H3,(H2,11,12,14). The molecule has 0 aromatic rings. The number of nitrogens with zero attached hydrogens (tertiary/aromatic N) is 2. The molecule has 80 valence electrons. The number of hydrogen-bond donors (Lipinski definition) is 2. The van der Waals surface area contributed by atoms with Crippen LogP contribution in [0.2, 0.25) is 0 Å². The molecular weight excluding hydrogens is 227 g/mol. The second-order valence-corrected chi connectivity index (χ2v) is 6.19. The van der Waals surface area contributed by atoms with Crippen LogP contribution in [0.15, 0.2) is 0 Å². The van der Waals surface area contributed by atoms with E-state index in [9.17, 15) is 9.59 Å². The molecule has 8 heteroatoms. The van der Waals surface area contributed by atoms with Crippen molar-refractivity contribution < 1.29 is 19.4 Å². The van der Waals surface area contributed by atoms with Crippen molar-refractivity contribution in [1.82, 2.24) is 9.57 Å². The molecule has 0 saturated carbocycles. The quantitative estimate of drug-likeness (QED) is 0.517. The van der Waals surface area contributed by atoms with Gasteiger partial charge in [0.05, 0.1) is 0 Å². The SMILES string of the molecule is CC(C)N1C(=O)CN(P(O)(O)=S)C1=O. The van der Waals surface area contributed by atoms with E-state index < -0.39 is 18.6 Å². The van der Waals surface area contributed by atoms with Crippen molar-refractivity contribution in [2.24, 2.45) is 0 Å². The molecule has 0 atom stereocenters. The molecule has 0 unspecified atom stereocenters. The Morgan fingerprint density at radius 3 is 2.14 bits per heavy atom. The summed E-state index contributed by atoms with van der Waals surface area (Å²) in [6, 6.07) is -1.03. The molecule has 0 aliphatic carbocycles. The molecule has 0 bridgehead atoms. The van der Waals surface area contributed by atoms with Gasteiger partial charge in [0, 0.05) is 6.04 Å². The Hall–Kier alpha value is -0.490. The minimum atomic E-state index is -3.83. The highest BCUT2D eigenvalue weighted by atomic mass is 32.5. The molecular formula is C6H11N2O4PS. The molecule has 2 N–H and O–H groups in total. The van der Waals surface area contributed by atoms with Gasteiger partial charge in [0.1, 0.15) is 6.54 Å². The van der Waals surface area contributed by atoms with E-state index in [0.717, 1.165) is 4.90 Å². The van der Waals surface area contributed by atoms with E-state index in [1.807, 2.05) is 0 Å². The van der Waals surface area contributed by atoms with E-state index in [0.29, 0.717) is 4.67 Å². The normalized spacial score (nSPS) is 18.6. The zero-order chi connectivity index (χ0) is 11.1. The van der Waals surface area contributed by atoms with Crippen molar-refractivity contribution in [3.05, 3.63) is 0 Å². The maximum absolute atomic E-state index is 11.5. The number of imide groups is 1. The zero-order valence-corrected chi connectivity index (χ0v) is 9.46.